The molecule has 0 saturated carbocycles. The van der Waals surface area contributed by atoms with E-state index in [1.807, 2.05) is 36.4 Å². The molecule has 3 atom stereocenters. The summed E-state index contributed by atoms with van der Waals surface area (Å²) in [6, 6.07) is 17.6. The number of thioether (sulfide) groups is 1. The van der Waals surface area contributed by atoms with E-state index < -0.39 is 42.3 Å². The summed E-state index contributed by atoms with van der Waals surface area (Å²) in [7, 11) is 0. The number of rotatable bonds is 5. The topological polar surface area (TPSA) is 64.9 Å². The molecule has 0 aliphatic carbocycles. The minimum absolute atomic E-state index is 0.0114. The average molecular weight is 504 g/mol. The lowest BCUT2D eigenvalue weighted by atomic mass is 9.82. The number of nitriles is 1. The summed E-state index contributed by atoms with van der Waals surface area (Å²) in [5.41, 5.74) is -2.78. The van der Waals surface area contributed by atoms with E-state index >= 15 is 4.39 Å². The van der Waals surface area contributed by atoms with Gasteiger partial charge in [0.25, 0.3) is 0 Å². The third-order valence-electron chi connectivity index (χ3n) is 5.55. The van der Waals surface area contributed by atoms with Crippen LogP contribution in [-0.4, -0.2) is 47.4 Å². The zero-order chi connectivity index (χ0) is 25.5. The number of halogens is 4. The molecule has 0 fully saturated rings. The van der Waals surface area contributed by atoms with Crippen molar-refractivity contribution in [2.45, 2.75) is 43.2 Å². The van der Waals surface area contributed by atoms with Crippen molar-refractivity contribution in [3.63, 3.8) is 0 Å². The van der Waals surface area contributed by atoms with Crippen molar-refractivity contribution in [2.24, 2.45) is 0 Å². The molecule has 1 aliphatic heterocycles. The molecule has 0 aromatic heterocycles. The maximum Gasteiger partial charge on any atom is 0.418 e. The second-order valence-corrected chi connectivity index (χ2v) is 9.68. The molecule has 2 N–H and O–H groups in total. The number of hydrogen-bond acceptors (Lipinski definition) is 4. The van der Waals surface area contributed by atoms with Crippen molar-refractivity contribution in [3.05, 3.63) is 60.2 Å². The summed E-state index contributed by atoms with van der Waals surface area (Å²) in [6.45, 7) is 0.361. The second-order valence-electron chi connectivity index (χ2n) is 8.65. The Hall–Kier alpha value is -3.01. The molecule has 0 radical (unpaired) electrons. The van der Waals surface area contributed by atoms with Gasteiger partial charge in [0.05, 0.1) is 18.4 Å². The SMILES string of the molecule is CC(F)(Cc1ccc(-c2ccccc2)cc1)C[C@]1(C(F)(F)F)C#CCSC[C@@H](C#N)NC(=O)CN1. The Labute approximate surface area is 206 Å². The number of benzene rings is 2. The molecule has 35 heavy (non-hydrogen) atoms. The molecule has 0 bridgehead atoms. The molecule has 1 unspecified atom stereocenters. The summed E-state index contributed by atoms with van der Waals surface area (Å²) >= 11 is 1.13. The van der Waals surface area contributed by atoms with Crippen LogP contribution in [0.2, 0.25) is 0 Å². The lowest BCUT2D eigenvalue weighted by Gasteiger charge is -2.36. The molecule has 2 aromatic rings. The molecule has 0 spiro atoms. The van der Waals surface area contributed by atoms with E-state index in [1.165, 1.54) is 0 Å². The first-order valence-corrected chi connectivity index (χ1v) is 12.1. The minimum atomic E-state index is -4.95. The zero-order valence-electron chi connectivity index (χ0n) is 19.1. The van der Waals surface area contributed by atoms with Crippen molar-refractivity contribution in [1.29, 1.82) is 5.26 Å². The monoisotopic (exact) mass is 503 g/mol. The number of alkyl halides is 4. The number of nitrogens with zero attached hydrogens (tertiary/aromatic N) is 1. The fourth-order valence-corrected chi connectivity index (χ4v) is 4.60. The fourth-order valence-electron chi connectivity index (χ4n) is 3.91. The normalized spacial score (nSPS) is 23.0. The molecular formula is C26H25F4N3OS. The zero-order valence-corrected chi connectivity index (χ0v) is 19.9. The van der Waals surface area contributed by atoms with Gasteiger partial charge in [-0.1, -0.05) is 66.4 Å². The maximum atomic E-state index is 15.7. The van der Waals surface area contributed by atoms with Gasteiger partial charge in [-0.25, -0.2) is 4.39 Å². The van der Waals surface area contributed by atoms with Crippen molar-refractivity contribution >= 4 is 17.7 Å². The number of amides is 1. The van der Waals surface area contributed by atoms with Crippen LogP contribution in [0.1, 0.15) is 18.9 Å². The molecule has 3 rings (SSSR count). The quantitative estimate of drug-likeness (QED) is 0.460. The van der Waals surface area contributed by atoms with Gasteiger partial charge in [-0.15, -0.1) is 11.8 Å². The molecule has 1 amide bonds. The van der Waals surface area contributed by atoms with Crippen molar-refractivity contribution in [1.82, 2.24) is 10.6 Å². The van der Waals surface area contributed by atoms with E-state index in [-0.39, 0.29) is 17.9 Å². The summed E-state index contributed by atoms with van der Waals surface area (Å²) < 4.78 is 58.6. The van der Waals surface area contributed by atoms with Crippen LogP contribution in [0.15, 0.2) is 54.6 Å². The Morgan fingerprint density at radius 1 is 1.11 bits per heavy atom. The number of carbonyl (C=O) groups excluding carboxylic acids is 1. The van der Waals surface area contributed by atoms with E-state index in [0.717, 1.165) is 29.8 Å². The Kier molecular flexibility index (Phi) is 8.47. The molecule has 184 valence electrons. The van der Waals surface area contributed by atoms with Crippen molar-refractivity contribution in [2.75, 3.05) is 18.1 Å². The van der Waals surface area contributed by atoms with Gasteiger partial charge in [-0.2, -0.15) is 18.4 Å². The Morgan fingerprint density at radius 3 is 2.40 bits per heavy atom. The van der Waals surface area contributed by atoms with Crippen molar-refractivity contribution < 1.29 is 22.4 Å². The fraction of sp³-hybridized carbons (Fsp3) is 0.385. The van der Waals surface area contributed by atoms with Gasteiger partial charge in [-0.05, 0) is 23.6 Å². The summed E-state index contributed by atoms with van der Waals surface area (Å²) in [5, 5.41) is 13.6. The first-order valence-electron chi connectivity index (χ1n) is 11.0. The molecular weight excluding hydrogens is 478 g/mol. The average Bonchev–Trinajstić information content (AvgIpc) is 2.84. The molecule has 0 saturated heterocycles. The highest BCUT2D eigenvalue weighted by Crippen LogP contribution is 2.39. The van der Waals surface area contributed by atoms with E-state index in [1.54, 1.807) is 24.3 Å². The molecule has 4 nitrogen and oxygen atoms in total. The van der Waals surface area contributed by atoms with Crippen LogP contribution in [0.5, 0.6) is 0 Å². The van der Waals surface area contributed by atoms with Crippen molar-refractivity contribution in [3.8, 4) is 29.0 Å². The van der Waals surface area contributed by atoms with Crippen LogP contribution >= 0.6 is 11.8 Å². The highest BCUT2D eigenvalue weighted by molar-refractivity contribution is 7.99. The van der Waals surface area contributed by atoms with Gasteiger partial charge in [0.15, 0.2) is 5.54 Å². The van der Waals surface area contributed by atoms with Crippen LogP contribution in [0.25, 0.3) is 11.1 Å². The summed E-state index contributed by atoms with van der Waals surface area (Å²) in [5.74, 6) is 4.07. The smallest absolute Gasteiger partial charge is 0.339 e. The van der Waals surface area contributed by atoms with Crippen LogP contribution in [0.3, 0.4) is 0 Å². The third-order valence-corrected chi connectivity index (χ3v) is 6.47. The van der Waals surface area contributed by atoms with Crippen LogP contribution in [-0.2, 0) is 11.2 Å². The largest absolute Gasteiger partial charge is 0.418 e. The van der Waals surface area contributed by atoms with Crippen LogP contribution in [0, 0.1) is 23.2 Å². The standard InChI is InChI=1S/C26H25F4N3OS/c1-24(27,14-19-8-10-21(11-9-19)20-6-3-2-4-7-20)18-25(26(28,29)30)12-5-13-35-17-22(15-31)33-23(34)16-32-25/h2-4,6-11,22,32H,13-14,16-18H2,1H3,(H,33,34)/t22-,24?,25+/m1/s1. The predicted molar refractivity (Wildman–Crippen MR) is 129 cm³/mol. The third kappa shape index (κ3) is 7.24. The van der Waals surface area contributed by atoms with E-state index in [0.29, 0.717) is 5.56 Å². The molecule has 1 aliphatic rings. The lowest BCUT2D eigenvalue weighted by molar-refractivity contribution is -0.188. The first kappa shape index (κ1) is 26.6. The second kappa shape index (κ2) is 11.2. The Morgan fingerprint density at radius 2 is 1.77 bits per heavy atom. The van der Waals surface area contributed by atoms with Gasteiger partial charge < -0.3 is 5.32 Å². The maximum absolute atomic E-state index is 15.7. The van der Waals surface area contributed by atoms with Gasteiger partial charge >= 0.3 is 6.18 Å². The lowest BCUT2D eigenvalue weighted by Crippen LogP contribution is -2.61. The Balaban J connectivity index is 1.82. The molecule has 2 aromatic carbocycles. The van der Waals surface area contributed by atoms with E-state index in [2.05, 4.69) is 22.5 Å². The van der Waals surface area contributed by atoms with Crippen LogP contribution < -0.4 is 10.6 Å². The first-order chi connectivity index (χ1) is 16.5. The Bertz CT molecular complexity index is 1120. The predicted octanol–water partition coefficient (Wildman–Crippen LogP) is 4.66. The number of hydrogen-bond donors (Lipinski definition) is 2. The number of nitrogens with one attached hydrogen (secondary N) is 2. The summed E-state index contributed by atoms with van der Waals surface area (Å²) in [6.07, 6.45) is -6.21. The van der Waals surface area contributed by atoms with E-state index in [9.17, 15) is 18.0 Å². The molecule has 9 heteroatoms. The summed E-state index contributed by atoms with van der Waals surface area (Å²) in [4.78, 5) is 12.2. The van der Waals surface area contributed by atoms with Gasteiger partial charge in [0, 0.05) is 18.6 Å². The number of carbonyl (C=O) groups is 1. The van der Waals surface area contributed by atoms with E-state index in [4.69, 9.17) is 5.26 Å². The van der Waals surface area contributed by atoms with Crippen LogP contribution in [0.4, 0.5) is 17.6 Å². The minimum Gasteiger partial charge on any atom is -0.339 e. The van der Waals surface area contributed by atoms with Gasteiger partial charge in [0.1, 0.15) is 11.7 Å². The van der Waals surface area contributed by atoms with Gasteiger partial charge in [-0.3, -0.25) is 10.1 Å². The van der Waals surface area contributed by atoms with Gasteiger partial charge in [0.2, 0.25) is 5.91 Å². The molecule has 1 heterocycles. The highest BCUT2D eigenvalue weighted by Gasteiger charge is 2.57. The highest BCUT2D eigenvalue weighted by atomic mass is 32.2.